The predicted octanol–water partition coefficient (Wildman–Crippen LogP) is 3.36. The fraction of sp³-hybridized carbons (Fsp3) is 0.391. The molecular weight excluding hydrogens is 507 g/mol. The average molecular weight is 538 g/mol. The summed E-state index contributed by atoms with van der Waals surface area (Å²) in [4.78, 5) is 18.7. The van der Waals surface area contributed by atoms with Crippen LogP contribution in [0.2, 0.25) is 0 Å². The molecule has 0 unspecified atom stereocenters. The number of para-hydroxylation sites is 1. The van der Waals surface area contributed by atoms with E-state index in [-0.39, 0.29) is 29.9 Å². The molecule has 0 saturated heterocycles. The molecule has 2 aromatic rings. The summed E-state index contributed by atoms with van der Waals surface area (Å²) in [6.07, 6.45) is 2.19. The summed E-state index contributed by atoms with van der Waals surface area (Å²) in [5.74, 6) is 2.27. The maximum Gasteiger partial charge on any atom is 0.227 e. The number of carbonyl (C=O) groups is 1. The van der Waals surface area contributed by atoms with Gasteiger partial charge in [0.25, 0.3) is 0 Å². The Morgan fingerprint density at radius 3 is 2.61 bits per heavy atom. The highest BCUT2D eigenvalue weighted by Crippen LogP contribution is 2.28. The van der Waals surface area contributed by atoms with Crippen molar-refractivity contribution < 1.29 is 14.3 Å². The van der Waals surface area contributed by atoms with Gasteiger partial charge in [0.1, 0.15) is 0 Å². The van der Waals surface area contributed by atoms with E-state index in [0.29, 0.717) is 37.0 Å². The van der Waals surface area contributed by atoms with E-state index in [4.69, 9.17) is 9.47 Å². The normalized spacial score (nSPS) is 12.6. The Morgan fingerprint density at radius 2 is 1.87 bits per heavy atom. The van der Waals surface area contributed by atoms with Crippen LogP contribution >= 0.6 is 24.0 Å². The highest BCUT2D eigenvalue weighted by atomic mass is 127. The van der Waals surface area contributed by atoms with Gasteiger partial charge in [0, 0.05) is 38.8 Å². The average Bonchev–Trinajstić information content (AvgIpc) is 3.22. The Morgan fingerprint density at radius 1 is 1.10 bits per heavy atom. The molecule has 0 fully saturated rings. The van der Waals surface area contributed by atoms with Gasteiger partial charge >= 0.3 is 0 Å². The second kappa shape index (κ2) is 12.4. The fourth-order valence-corrected chi connectivity index (χ4v) is 3.58. The van der Waals surface area contributed by atoms with Crippen molar-refractivity contribution in [2.24, 2.45) is 4.99 Å². The quantitative estimate of drug-likeness (QED) is 0.234. The number of rotatable bonds is 8. The number of hydrogen-bond acceptors (Lipinski definition) is 4. The zero-order valence-corrected chi connectivity index (χ0v) is 20.6. The Hall–Kier alpha value is -2.49. The maximum absolute atomic E-state index is 12.6. The molecule has 3 rings (SSSR count). The van der Waals surface area contributed by atoms with Crippen molar-refractivity contribution in [3.05, 3.63) is 53.6 Å². The van der Waals surface area contributed by atoms with Crippen molar-refractivity contribution in [2.45, 2.75) is 25.8 Å². The van der Waals surface area contributed by atoms with Crippen LogP contribution in [0.1, 0.15) is 24.0 Å². The third-order valence-electron chi connectivity index (χ3n) is 5.18. The Labute approximate surface area is 201 Å². The van der Waals surface area contributed by atoms with Crippen LogP contribution in [-0.4, -0.2) is 46.2 Å². The Kier molecular flexibility index (Phi) is 9.90. The first-order valence-electron chi connectivity index (χ1n) is 10.2. The van der Waals surface area contributed by atoms with Crippen LogP contribution in [0.5, 0.6) is 11.5 Å². The molecular formula is C23H31IN4O3. The molecule has 2 aromatic carbocycles. The minimum Gasteiger partial charge on any atom is -0.493 e. The van der Waals surface area contributed by atoms with Crippen molar-refractivity contribution in [1.29, 1.82) is 0 Å². The van der Waals surface area contributed by atoms with Gasteiger partial charge in [-0.3, -0.25) is 9.79 Å². The van der Waals surface area contributed by atoms with Crippen molar-refractivity contribution in [3.63, 3.8) is 0 Å². The number of carbonyl (C=O) groups excluding carboxylic acids is 1. The molecule has 0 saturated carbocycles. The number of aliphatic imine (C=N–C) groups is 1. The first-order valence-corrected chi connectivity index (χ1v) is 10.2. The second-order valence-electron chi connectivity index (χ2n) is 7.07. The van der Waals surface area contributed by atoms with Gasteiger partial charge in [-0.2, -0.15) is 0 Å². The number of nitrogens with one attached hydrogen (secondary N) is 2. The van der Waals surface area contributed by atoms with Gasteiger partial charge in [0.05, 0.1) is 14.2 Å². The van der Waals surface area contributed by atoms with Crippen LogP contribution in [0.15, 0.2) is 47.5 Å². The molecule has 7 nitrogen and oxygen atoms in total. The molecule has 1 heterocycles. The number of guanidine groups is 1. The lowest BCUT2D eigenvalue weighted by atomic mass is 10.2. The standard InChI is InChI=1S/C23H30N4O3.HI/c1-24-23(26-16-17-10-11-20(29-2)21(15-17)30-3)25-13-6-9-22(28)27-14-12-18-7-4-5-8-19(18)27;/h4-5,7-8,10-11,15H,6,9,12-14,16H2,1-3H3,(H2,24,25,26);1H. The molecule has 2 N–H and O–H groups in total. The molecule has 168 valence electrons. The molecule has 1 aliphatic heterocycles. The number of amides is 1. The minimum absolute atomic E-state index is 0. The summed E-state index contributed by atoms with van der Waals surface area (Å²) >= 11 is 0. The number of nitrogens with zero attached hydrogens (tertiary/aromatic N) is 2. The summed E-state index contributed by atoms with van der Waals surface area (Å²) in [7, 11) is 4.97. The summed E-state index contributed by atoms with van der Waals surface area (Å²) < 4.78 is 10.6. The first-order chi connectivity index (χ1) is 14.7. The lowest BCUT2D eigenvalue weighted by Crippen LogP contribution is -2.38. The molecule has 1 amide bonds. The van der Waals surface area contributed by atoms with Gasteiger partial charge in [0.15, 0.2) is 17.5 Å². The number of methoxy groups -OCH3 is 2. The van der Waals surface area contributed by atoms with E-state index in [1.807, 2.05) is 41.3 Å². The monoisotopic (exact) mass is 538 g/mol. The molecule has 0 radical (unpaired) electrons. The predicted molar refractivity (Wildman–Crippen MR) is 135 cm³/mol. The van der Waals surface area contributed by atoms with E-state index < -0.39 is 0 Å². The molecule has 0 aromatic heterocycles. The van der Waals surface area contributed by atoms with E-state index >= 15 is 0 Å². The van der Waals surface area contributed by atoms with Crippen LogP contribution in [0, 0.1) is 0 Å². The Bertz CT molecular complexity index is 904. The molecule has 31 heavy (non-hydrogen) atoms. The van der Waals surface area contributed by atoms with Crippen molar-refractivity contribution in [1.82, 2.24) is 10.6 Å². The van der Waals surface area contributed by atoms with E-state index in [1.54, 1.807) is 21.3 Å². The van der Waals surface area contributed by atoms with Crippen LogP contribution in [0.3, 0.4) is 0 Å². The molecule has 0 aliphatic carbocycles. The maximum atomic E-state index is 12.6. The molecule has 8 heteroatoms. The van der Waals surface area contributed by atoms with Gasteiger partial charge < -0.3 is 25.0 Å². The number of anilines is 1. The van der Waals surface area contributed by atoms with Crippen LogP contribution in [0.25, 0.3) is 0 Å². The highest BCUT2D eigenvalue weighted by Gasteiger charge is 2.23. The lowest BCUT2D eigenvalue weighted by Gasteiger charge is -2.17. The van der Waals surface area contributed by atoms with Crippen LogP contribution < -0.4 is 25.0 Å². The number of halogens is 1. The smallest absolute Gasteiger partial charge is 0.227 e. The summed E-state index contributed by atoms with van der Waals surface area (Å²) in [6, 6.07) is 13.9. The van der Waals surface area contributed by atoms with Gasteiger partial charge in [0.2, 0.25) is 5.91 Å². The van der Waals surface area contributed by atoms with Crippen molar-refractivity contribution >= 4 is 41.5 Å². The summed E-state index contributed by atoms with van der Waals surface area (Å²) in [5.41, 5.74) is 3.37. The molecule has 0 spiro atoms. The summed E-state index contributed by atoms with van der Waals surface area (Å²) in [6.45, 7) is 2.05. The number of fused-ring (bicyclic) bond motifs is 1. The molecule has 1 aliphatic rings. The SMILES string of the molecule is CN=C(NCCCC(=O)N1CCc2ccccc21)NCc1ccc(OC)c(OC)c1.I. The van der Waals surface area contributed by atoms with Gasteiger partial charge in [-0.15, -0.1) is 24.0 Å². The zero-order valence-electron chi connectivity index (χ0n) is 18.3. The first kappa shape index (κ1) is 24.8. The molecule has 0 atom stereocenters. The van der Waals surface area contributed by atoms with E-state index in [2.05, 4.69) is 21.7 Å². The number of hydrogen-bond donors (Lipinski definition) is 2. The van der Waals surface area contributed by atoms with Crippen LogP contribution in [0.4, 0.5) is 5.69 Å². The third-order valence-corrected chi connectivity index (χ3v) is 5.18. The topological polar surface area (TPSA) is 75.2 Å². The Balaban J connectivity index is 0.00000341. The van der Waals surface area contributed by atoms with E-state index in [1.165, 1.54) is 5.56 Å². The van der Waals surface area contributed by atoms with Gasteiger partial charge in [-0.1, -0.05) is 24.3 Å². The number of ether oxygens (including phenoxy) is 2. The van der Waals surface area contributed by atoms with Crippen LogP contribution in [-0.2, 0) is 17.8 Å². The third kappa shape index (κ3) is 6.49. The molecule has 0 bridgehead atoms. The number of benzene rings is 2. The van der Waals surface area contributed by atoms with Crippen molar-refractivity contribution in [3.8, 4) is 11.5 Å². The largest absolute Gasteiger partial charge is 0.493 e. The van der Waals surface area contributed by atoms with Gasteiger partial charge in [-0.05, 0) is 42.2 Å². The van der Waals surface area contributed by atoms with Crippen molar-refractivity contribution in [2.75, 3.05) is 39.3 Å². The highest BCUT2D eigenvalue weighted by molar-refractivity contribution is 14.0. The van der Waals surface area contributed by atoms with Gasteiger partial charge in [-0.25, -0.2) is 0 Å². The lowest BCUT2D eigenvalue weighted by molar-refractivity contribution is -0.118. The summed E-state index contributed by atoms with van der Waals surface area (Å²) in [5, 5.41) is 6.55. The fourth-order valence-electron chi connectivity index (χ4n) is 3.58. The van der Waals surface area contributed by atoms with E-state index in [0.717, 1.165) is 30.6 Å². The zero-order chi connectivity index (χ0) is 21.3. The minimum atomic E-state index is 0. The van der Waals surface area contributed by atoms with E-state index in [9.17, 15) is 4.79 Å². The second-order valence-corrected chi connectivity index (χ2v) is 7.07.